The largest absolute Gasteiger partial charge is 0.356 e. The molecule has 0 aliphatic heterocycles. The molecule has 0 saturated carbocycles. The summed E-state index contributed by atoms with van der Waals surface area (Å²) in [6.45, 7) is 5.96. The topological polar surface area (TPSA) is 52.5 Å². The number of nitrogens with zero attached hydrogens (tertiary/aromatic N) is 3. The van der Waals surface area contributed by atoms with Crippen molar-refractivity contribution in [2.24, 2.45) is 4.99 Å². The van der Waals surface area contributed by atoms with Gasteiger partial charge in [-0.25, -0.2) is 0 Å². The van der Waals surface area contributed by atoms with Crippen molar-refractivity contribution in [3.05, 3.63) is 30.1 Å². The maximum Gasteiger partial charge on any atom is 0.191 e. The molecule has 2 N–H and O–H groups in total. The van der Waals surface area contributed by atoms with Crippen LogP contribution in [0.25, 0.3) is 0 Å². The quantitative estimate of drug-likeness (QED) is 0.563. The third-order valence-corrected chi connectivity index (χ3v) is 2.95. The summed E-state index contributed by atoms with van der Waals surface area (Å²) in [7, 11) is 3.90. The zero-order valence-corrected chi connectivity index (χ0v) is 12.2. The number of hydrogen-bond donors (Lipinski definition) is 2. The molecule has 0 atom stereocenters. The Kier molecular flexibility index (Phi) is 7.58. The van der Waals surface area contributed by atoms with E-state index in [9.17, 15) is 0 Å². The van der Waals surface area contributed by atoms with E-state index in [0.29, 0.717) is 0 Å². The highest BCUT2D eigenvalue weighted by Crippen LogP contribution is 1.92. The zero-order valence-electron chi connectivity index (χ0n) is 12.2. The Morgan fingerprint density at radius 3 is 2.74 bits per heavy atom. The van der Waals surface area contributed by atoms with Gasteiger partial charge in [0.15, 0.2) is 5.96 Å². The first-order valence-corrected chi connectivity index (χ1v) is 6.79. The molecule has 1 rings (SSSR count). The van der Waals surface area contributed by atoms with Gasteiger partial charge in [-0.15, -0.1) is 0 Å². The van der Waals surface area contributed by atoms with E-state index in [1.165, 1.54) is 0 Å². The molecule has 106 valence electrons. The highest BCUT2D eigenvalue weighted by Gasteiger charge is 1.99. The minimum Gasteiger partial charge on any atom is -0.356 e. The van der Waals surface area contributed by atoms with E-state index >= 15 is 0 Å². The Labute approximate surface area is 116 Å². The Bertz CT molecular complexity index is 363. The van der Waals surface area contributed by atoms with Crippen molar-refractivity contribution in [3.63, 3.8) is 0 Å². The molecule has 0 amide bonds. The summed E-state index contributed by atoms with van der Waals surface area (Å²) in [4.78, 5) is 10.7. The average molecular weight is 263 g/mol. The van der Waals surface area contributed by atoms with Gasteiger partial charge < -0.3 is 15.5 Å². The molecule has 1 aromatic heterocycles. The van der Waals surface area contributed by atoms with Gasteiger partial charge in [-0.1, -0.05) is 13.0 Å². The number of rotatable bonds is 7. The van der Waals surface area contributed by atoms with Crippen LogP contribution < -0.4 is 10.6 Å². The van der Waals surface area contributed by atoms with Crippen molar-refractivity contribution in [1.29, 1.82) is 0 Å². The Morgan fingerprint density at radius 1 is 1.32 bits per heavy atom. The number of likely N-dealkylation sites (N-methyl/N-ethyl adjacent to an activating group) is 1. The number of hydrogen-bond acceptors (Lipinski definition) is 3. The summed E-state index contributed by atoms with van der Waals surface area (Å²) in [6.07, 6.45) is 2.72. The van der Waals surface area contributed by atoms with E-state index in [2.05, 4.69) is 39.5 Å². The van der Waals surface area contributed by atoms with Gasteiger partial charge in [0, 0.05) is 45.0 Å². The summed E-state index contributed by atoms with van der Waals surface area (Å²) in [5, 5.41) is 6.59. The SMILES string of the molecule is CCN(C)CCNC(=NC)NCCc1ccccn1. The summed E-state index contributed by atoms with van der Waals surface area (Å²) >= 11 is 0. The Hall–Kier alpha value is -1.62. The van der Waals surface area contributed by atoms with E-state index in [4.69, 9.17) is 0 Å². The van der Waals surface area contributed by atoms with Crippen LogP contribution >= 0.6 is 0 Å². The van der Waals surface area contributed by atoms with Crippen LogP contribution in [0, 0.1) is 0 Å². The van der Waals surface area contributed by atoms with Crippen LogP contribution in [0.2, 0.25) is 0 Å². The van der Waals surface area contributed by atoms with Crippen molar-refractivity contribution in [1.82, 2.24) is 20.5 Å². The molecule has 1 aromatic rings. The highest BCUT2D eigenvalue weighted by atomic mass is 15.2. The lowest BCUT2D eigenvalue weighted by Crippen LogP contribution is -2.41. The summed E-state index contributed by atoms with van der Waals surface area (Å²) in [5.41, 5.74) is 1.09. The van der Waals surface area contributed by atoms with Gasteiger partial charge in [0.2, 0.25) is 0 Å². The lowest BCUT2D eigenvalue weighted by Gasteiger charge is -2.16. The molecule has 0 spiro atoms. The normalized spacial score (nSPS) is 11.7. The maximum atomic E-state index is 4.29. The van der Waals surface area contributed by atoms with Crippen molar-refractivity contribution in [2.45, 2.75) is 13.3 Å². The first kappa shape index (κ1) is 15.4. The fraction of sp³-hybridized carbons (Fsp3) is 0.571. The molecule has 5 nitrogen and oxygen atoms in total. The van der Waals surface area contributed by atoms with Crippen LogP contribution in [0.5, 0.6) is 0 Å². The molecule has 0 aliphatic carbocycles. The van der Waals surface area contributed by atoms with E-state index in [0.717, 1.165) is 44.3 Å². The van der Waals surface area contributed by atoms with Crippen LogP contribution in [-0.4, -0.2) is 56.1 Å². The highest BCUT2D eigenvalue weighted by molar-refractivity contribution is 5.79. The second-order valence-electron chi connectivity index (χ2n) is 4.39. The number of pyridine rings is 1. The number of aromatic nitrogens is 1. The van der Waals surface area contributed by atoms with Gasteiger partial charge >= 0.3 is 0 Å². The van der Waals surface area contributed by atoms with Crippen molar-refractivity contribution >= 4 is 5.96 Å². The van der Waals surface area contributed by atoms with Gasteiger partial charge in [-0.3, -0.25) is 9.98 Å². The third-order valence-electron chi connectivity index (χ3n) is 2.95. The summed E-state index contributed by atoms with van der Waals surface area (Å²) < 4.78 is 0. The lowest BCUT2D eigenvalue weighted by atomic mass is 10.3. The van der Waals surface area contributed by atoms with E-state index in [1.54, 1.807) is 7.05 Å². The molecular formula is C14H25N5. The van der Waals surface area contributed by atoms with Crippen molar-refractivity contribution < 1.29 is 0 Å². The number of nitrogens with one attached hydrogen (secondary N) is 2. The van der Waals surface area contributed by atoms with E-state index in [1.807, 2.05) is 24.4 Å². The fourth-order valence-corrected chi connectivity index (χ4v) is 1.60. The van der Waals surface area contributed by atoms with Crippen LogP contribution in [-0.2, 0) is 6.42 Å². The van der Waals surface area contributed by atoms with Crippen molar-refractivity contribution in [3.8, 4) is 0 Å². The van der Waals surface area contributed by atoms with Crippen LogP contribution in [0.3, 0.4) is 0 Å². The predicted octanol–water partition coefficient (Wildman–Crippen LogP) is 0.741. The van der Waals surface area contributed by atoms with Crippen molar-refractivity contribution in [2.75, 3.05) is 40.3 Å². The van der Waals surface area contributed by atoms with Crippen LogP contribution in [0.15, 0.2) is 29.4 Å². The van der Waals surface area contributed by atoms with Crippen LogP contribution in [0.1, 0.15) is 12.6 Å². The minimum atomic E-state index is 0.834. The number of aliphatic imine (C=N–C) groups is 1. The van der Waals surface area contributed by atoms with Gasteiger partial charge in [0.1, 0.15) is 0 Å². The first-order chi connectivity index (χ1) is 9.26. The number of guanidine groups is 1. The summed E-state index contributed by atoms with van der Waals surface area (Å²) in [6, 6.07) is 5.98. The van der Waals surface area contributed by atoms with E-state index < -0.39 is 0 Å². The second-order valence-corrected chi connectivity index (χ2v) is 4.39. The molecular weight excluding hydrogens is 238 g/mol. The molecule has 0 fully saturated rings. The molecule has 0 radical (unpaired) electrons. The zero-order chi connectivity index (χ0) is 13.9. The second kappa shape index (κ2) is 9.33. The fourth-order valence-electron chi connectivity index (χ4n) is 1.60. The molecule has 19 heavy (non-hydrogen) atoms. The smallest absolute Gasteiger partial charge is 0.191 e. The van der Waals surface area contributed by atoms with Gasteiger partial charge in [0.05, 0.1) is 0 Å². The average Bonchev–Trinajstić information content (AvgIpc) is 2.46. The molecule has 5 heteroatoms. The molecule has 0 aromatic carbocycles. The lowest BCUT2D eigenvalue weighted by molar-refractivity contribution is 0.357. The first-order valence-electron chi connectivity index (χ1n) is 6.79. The molecule has 1 heterocycles. The molecule has 0 unspecified atom stereocenters. The molecule has 0 bridgehead atoms. The van der Waals surface area contributed by atoms with Crippen LogP contribution in [0.4, 0.5) is 0 Å². The standard InChI is InChI=1S/C14H25N5/c1-4-19(3)12-11-18-14(15-2)17-10-8-13-7-5-6-9-16-13/h5-7,9H,4,8,10-12H2,1-3H3,(H2,15,17,18). The third kappa shape index (κ3) is 6.76. The van der Waals surface area contributed by atoms with Gasteiger partial charge in [0.25, 0.3) is 0 Å². The monoisotopic (exact) mass is 263 g/mol. The maximum absolute atomic E-state index is 4.29. The minimum absolute atomic E-state index is 0.834. The molecule has 0 saturated heterocycles. The predicted molar refractivity (Wildman–Crippen MR) is 80.5 cm³/mol. The Balaban J connectivity index is 2.19. The summed E-state index contributed by atoms with van der Waals surface area (Å²) in [5.74, 6) is 0.848. The van der Waals surface area contributed by atoms with Gasteiger partial charge in [-0.05, 0) is 25.7 Å². The van der Waals surface area contributed by atoms with E-state index in [-0.39, 0.29) is 0 Å². The molecule has 0 aliphatic rings. The Morgan fingerprint density at radius 2 is 2.11 bits per heavy atom. The van der Waals surface area contributed by atoms with Gasteiger partial charge in [-0.2, -0.15) is 0 Å².